The van der Waals surface area contributed by atoms with Crippen molar-refractivity contribution < 1.29 is 19.1 Å². The third-order valence-corrected chi connectivity index (χ3v) is 3.91. The Labute approximate surface area is 145 Å². The maximum atomic E-state index is 12.5. The molecule has 1 aliphatic heterocycles. The number of carbonyl (C=O) groups excluding carboxylic acids is 3. The normalized spacial score (nSPS) is 17.9. The number of imide groups is 1. The number of fused-ring (bicyclic) bond motifs is 1. The van der Waals surface area contributed by atoms with Gasteiger partial charge in [-0.25, -0.2) is 4.79 Å². The Hall–Kier alpha value is -2.83. The molecule has 0 aliphatic carbocycles. The van der Waals surface area contributed by atoms with Gasteiger partial charge in [0, 0.05) is 23.5 Å². The highest BCUT2D eigenvalue weighted by atomic mass is 16.6. The van der Waals surface area contributed by atoms with Crippen molar-refractivity contribution in [3.63, 3.8) is 0 Å². The zero-order valence-electron chi connectivity index (χ0n) is 14.5. The van der Waals surface area contributed by atoms with Crippen LogP contribution >= 0.6 is 0 Å². The molecule has 25 heavy (non-hydrogen) atoms. The largest absolute Gasteiger partial charge is 0.459 e. The van der Waals surface area contributed by atoms with Gasteiger partial charge in [-0.15, -0.1) is 0 Å². The van der Waals surface area contributed by atoms with Crippen LogP contribution in [-0.2, 0) is 20.7 Å². The SMILES string of the molecule is CC(C)(C)OC(=O)CN1C(=O)N[C@@H](Cc2c[nH]c3ccccc23)C1=O. The molecule has 0 spiro atoms. The molecule has 3 rings (SSSR count). The summed E-state index contributed by atoms with van der Waals surface area (Å²) in [5.41, 5.74) is 1.24. The Kier molecular flexibility index (Phi) is 4.24. The monoisotopic (exact) mass is 343 g/mol. The molecule has 2 aromatic rings. The van der Waals surface area contributed by atoms with Crippen LogP contribution in [0, 0.1) is 0 Å². The second kappa shape index (κ2) is 6.23. The third kappa shape index (κ3) is 3.65. The first-order valence-electron chi connectivity index (χ1n) is 8.13. The van der Waals surface area contributed by atoms with Crippen LogP contribution in [0.25, 0.3) is 10.9 Å². The van der Waals surface area contributed by atoms with Crippen LogP contribution in [0.4, 0.5) is 4.79 Å². The molecule has 0 bridgehead atoms. The number of rotatable bonds is 4. The highest BCUT2D eigenvalue weighted by Crippen LogP contribution is 2.21. The number of nitrogens with zero attached hydrogens (tertiary/aromatic N) is 1. The van der Waals surface area contributed by atoms with Gasteiger partial charge in [-0.3, -0.25) is 14.5 Å². The Balaban J connectivity index is 1.70. The van der Waals surface area contributed by atoms with Crippen molar-refractivity contribution in [1.82, 2.24) is 15.2 Å². The van der Waals surface area contributed by atoms with E-state index in [9.17, 15) is 14.4 Å². The van der Waals surface area contributed by atoms with Gasteiger partial charge in [0.05, 0.1) is 0 Å². The van der Waals surface area contributed by atoms with Crippen molar-refractivity contribution in [3.05, 3.63) is 36.0 Å². The number of para-hydroxylation sites is 1. The first-order chi connectivity index (χ1) is 11.7. The predicted octanol–water partition coefficient (Wildman–Crippen LogP) is 1.97. The summed E-state index contributed by atoms with van der Waals surface area (Å²) in [5.74, 6) is -1.02. The summed E-state index contributed by atoms with van der Waals surface area (Å²) in [7, 11) is 0. The minimum atomic E-state index is -0.686. The van der Waals surface area contributed by atoms with E-state index in [2.05, 4.69) is 10.3 Å². The number of nitrogens with one attached hydrogen (secondary N) is 2. The van der Waals surface area contributed by atoms with E-state index in [4.69, 9.17) is 4.74 Å². The molecule has 1 atom stereocenters. The van der Waals surface area contributed by atoms with Gasteiger partial charge in [-0.05, 0) is 32.4 Å². The first kappa shape index (κ1) is 17.0. The van der Waals surface area contributed by atoms with Gasteiger partial charge < -0.3 is 15.0 Å². The number of benzene rings is 1. The fraction of sp³-hybridized carbons (Fsp3) is 0.389. The molecule has 0 saturated carbocycles. The molecule has 3 amide bonds. The quantitative estimate of drug-likeness (QED) is 0.656. The van der Waals surface area contributed by atoms with Gasteiger partial charge >= 0.3 is 12.0 Å². The number of esters is 1. The summed E-state index contributed by atoms with van der Waals surface area (Å²) in [6, 6.07) is 6.50. The number of urea groups is 1. The highest BCUT2D eigenvalue weighted by molar-refractivity contribution is 6.06. The molecule has 7 heteroatoms. The smallest absolute Gasteiger partial charge is 0.326 e. The first-order valence-corrected chi connectivity index (χ1v) is 8.13. The summed E-state index contributed by atoms with van der Waals surface area (Å²) in [6.45, 7) is 4.82. The molecule has 1 aliphatic rings. The van der Waals surface area contributed by atoms with Crippen molar-refractivity contribution in [3.8, 4) is 0 Å². The van der Waals surface area contributed by atoms with Crippen molar-refractivity contribution in [2.45, 2.75) is 38.8 Å². The summed E-state index contributed by atoms with van der Waals surface area (Å²) in [6.07, 6.45) is 2.19. The lowest BCUT2D eigenvalue weighted by Gasteiger charge is -2.21. The maximum Gasteiger partial charge on any atom is 0.326 e. The maximum absolute atomic E-state index is 12.5. The van der Waals surface area contributed by atoms with Crippen molar-refractivity contribution in [2.75, 3.05) is 6.54 Å². The number of hydrogen-bond acceptors (Lipinski definition) is 4. The average Bonchev–Trinajstić information content (AvgIpc) is 3.03. The molecule has 0 unspecified atom stereocenters. The molecule has 1 saturated heterocycles. The Morgan fingerprint density at radius 2 is 1.96 bits per heavy atom. The van der Waals surface area contributed by atoms with E-state index in [1.165, 1.54) is 0 Å². The standard InChI is InChI=1S/C18H21N3O4/c1-18(2,3)25-15(22)10-21-16(23)14(20-17(21)24)8-11-9-19-13-7-5-4-6-12(11)13/h4-7,9,14,19H,8,10H2,1-3H3,(H,20,24)/t14-/m0/s1. The number of ether oxygens (including phenoxy) is 1. The molecule has 1 aromatic carbocycles. The van der Waals surface area contributed by atoms with Crippen LogP contribution < -0.4 is 5.32 Å². The van der Waals surface area contributed by atoms with Crippen molar-refractivity contribution >= 4 is 28.8 Å². The van der Waals surface area contributed by atoms with Gasteiger partial charge in [-0.1, -0.05) is 18.2 Å². The van der Waals surface area contributed by atoms with Gasteiger partial charge in [0.15, 0.2) is 0 Å². The van der Waals surface area contributed by atoms with Crippen LogP contribution in [0.15, 0.2) is 30.5 Å². The minimum Gasteiger partial charge on any atom is -0.459 e. The number of aromatic nitrogens is 1. The lowest BCUT2D eigenvalue weighted by atomic mass is 10.1. The summed E-state index contributed by atoms with van der Waals surface area (Å²) < 4.78 is 5.18. The van der Waals surface area contributed by atoms with E-state index in [-0.39, 0.29) is 6.54 Å². The van der Waals surface area contributed by atoms with Crippen LogP contribution in [0.3, 0.4) is 0 Å². The molecule has 2 N–H and O–H groups in total. The van der Waals surface area contributed by atoms with Gasteiger partial charge in [0.1, 0.15) is 18.2 Å². The lowest BCUT2D eigenvalue weighted by Crippen LogP contribution is -2.39. The van der Waals surface area contributed by atoms with E-state index in [1.54, 1.807) is 20.8 Å². The summed E-state index contributed by atoms with van der Waals surface area (Å²) in [4.78, 5) is 40.5. The molecule has 7 nitrogen and oxygen atoms in total. The number of aromatic amines is 1. The second-order valence-corrected chi connectivity index (χ2v) is 7.08. The Morgan fingerprint density at radius 1 is 1.24 bits per heavy atom. The van der Waals surface area contributed by atoms with Crippen LogP contribution in [0.5, 0.6) is 0 Å². The minimum absolute atomic E-state index is 0.361. The fourth-order valence-electron chi connectivity index (χ4n) is 2.89. The van der Waals surface area contributed by atoms with Gasteiger partial charge in [0.2, 0.25) is 0 Å². The number of H-pyrrole nitrogens is 1. The van der Waals surface area contributed by atoms with Gasteiger partial charge in [-0.2, -0.15) is 0 Å². The topological polar surface area (TPSA) is 91.5 Å². The zero-order chi connectivity index (χ0) is 18.2. The van der Waals surface area contributed by atoms with Crippen molar-refractivity contribution in [2.24, 2.45) is 0 Å². The number of amides is 3. The summed E-state index contributed by atoms with van der Waals surface area (Å²) in [5, 5.41) is 3.65. The van der Waals surface area contributed by atoms with E-state index in [0.29, 0.717) is 6.42 Å². The molecule has 0 radical (unpaired) electrons. The van der Waals surface area contributed by atoms with Crippen LogP contribution in [0.1, 0.15) is 26.3 Å². The Morgan fingerprint density at radius 3 is 2.68 bits per heavy atom. The fourth-order valence-corrected chi connectivity index (χ4v) is 2.89. The molecule has 132 valence electrons. The zero-order valence-corrected chi connectivity index (χ0v) is 14.5. The predicted molar refractivity (Wildman–Crippen MR) is 91.9 cm³/mol. The average molecular weight is 343 g/mol. The highest BCUT2D eigenvalue weighted by Gasteiger charge is 2.39. The van der Waals surface area contributed by atoms with Crippen LogP contribution in [0.2, 0.25) is 0 Å². The van der Waals surface area contributed by atoms with Crippen LogP contribution in [-0.4, -0.2) is 46.0 Å². The second-order valence-electron chi connectivity index (χ2n) is 7.08. The molecular weight excluding hydrogens is 322 g/mol. The molecular formula is C18H21N3O4. The van der Waals surface area contributed by atoms with E-state index < -0.39 is 29.6 Å². The summed E-state index contributed by atoms with van der Waals surface area (Å²) >= 11 is 0. The van der Waals surface area contributed by atoms with Gasteiger partial charge in [0.25, 0.3) is 5.91 Å². The molecule has 1 fully saturated rings. The number of hydrogen-bond donors (Lipinski definition) is 2. The number of carbonyl (C=O) groups is 3. The molecule has 1 aromatic heterocycles. The third-order valence-electron chi connectivity index (χ3n) is 3.91. The van der Waals surface area contributed by atoms with E-state index in [1.807, 2.05) is 30.5 Å². The lowest BCUT2D eigenvalue weighted by molar-refractivity contribution is -0.157. The van der Waals surface area contributed by atoms with E-state index in [0.717, 1.165) is 21.4 Å². The van der Waals surface area contributed by atoms with E-state index >= 15 is 0 Å². The van der Waals surface area contributed by atoms with Crippen molar-refractivity contribution in [1.29, 1.82) is 0 Å². The Bertz CT molecular complexity index is 834. The molecule has 2 heterocycles.